The fraction of sp³-hybridized carbons (Fsp3) is 0.619. The zero-order valence-corrected chi connectivity index (χ0v) is 17.2. The van der Waals surface area contributed by atoms with Gasteiger partial charge in [-0.25, -0.2) is 0 Å². The number of nitrogens with zero attached hydrogens (tertiary/aromatic N) is 2. The van der Waals surface area contributed by atoms with E-state index in [4.69, 9.17) is 0 Å². The minimum atomic E-state index is 0.0682. The first-order valence-corrected chi connectivity index (χ1v) is 10.1. The van der Waals surface area contributed by atoms with Crippen LogP contribution in [0.15, 0.2) is 29.3 Å². The Labute approximate surface area is 163 Å². The summed E-state index contributed by atoms with van der Waals surface area (Å²) in [5, 5.41) is 9.62. The number of aliphatic imine (C=N–C) groups is 1. The summed E-state index contributed by atoms with van der Waals surface area (Å²) in [6.45, 7) is 9.06. The van der Waals surface area contributed by atoms with E-state index in [1.807, 2.05) is 6.92 Å². The molecule has 150 valence electrons. The van der Waals surface area contributed by atoms with Crippen LogP contribution in [0.3, 0.4) is 0 Å². The second kappa shape index (κ2) is 10.8. The molecular formula is C21H35N5O. The van der Waals surface area contributed by atoms with Gasteiger partial charge < -0.3 is 20.9 Å². The minimum absolute atomic E-state index is 0.0682. The molecule has 1 saturated heterocycles. The lowest BCUT2D eigenvalue weighted by atomic mass is 10.1. The Morgan fingerprint density at radius 3 is 2.63 bits per heavy atom. The second-order valence-electron chi connectivity index (χ2n) is 7.28. The highest BCUT2D eigenvalue weighted by Gasteiger charge is 2.14. The third-order valence-corrected chi connectivity index (χ3v) is 5.08. The number of nitrogens with one attached hydrogen (secondary N) is 3. The quantitative estimate of drug-likeness (QED) is 0.484. The summed E-state index contributed by atoms with van der Waals surface area (Å²) in [5.74, 6) is 0.782. The van der Waals surface area contributed by atoms with Crippen LogP contribution in [-0.4, -0.2) is 44.6 Å². The summed E-state index contributed by atoms with van der Waals surface area (Å²) in [6.07, 6.45) is 3.93. The van der Waals surface area contributed by atoms with Crippen molar-refractivity contribution in [3.05, 3.63) is 29.8 Å². The van der Waals surface area contributed by atoms with Gasteiger partial charge in [0.15, 0.2) is 5.96 Å². The van der Waals surface area contributed by atoms with Crippen LogP contribution < -0.4 is 20.9 Å². The average molecular weight is 374 g/mol. The monoisotopic (exact) mass is 373 g/mol. The highest BCUT2D eigenvalue weighted by Crippen LogP contribution is 2.23. The molecule has 0 saturated carbocycles. The van der Waals surface area contributed by atoms with Crippen LogP contribution in [0.4, 0.5) is 5.69 Å². The van der Waals surface area contributed by atoms with E-state index >= 15 is 0 Å². The standard InChI is InChI=1S/C21H35N5O/c1-5-16(2)24-20(27)11-12-23-21(22-4)25-17(3)18-9-8-10-19(15-18)26-13-6-7-14-26/h8-10,15-17H,5-7,11-14H2,1-4H3,(H,24,27)(H2,22,23,25). The maximum absolute atomic E-state index is 11.9. The molecule has 1 aromatic rings. The third-order valence-electron chi connectivity index (χ3n) is 5.08. The summed E-state index contributed by atoms with van der Waals surface area (Å²) >= 11 is 0. The highest BCUT2D eigenvalue weighted by atomic mass is 16.1. The maximum atomic E-state index is 11.9. The molecule has 6 heteroatoms. The first kappa shape index (κ1) is 21.1. The summed E-state index contributed by atoms with van der Waals surface area (Å²) in [7, 11) is 1.75. The van der Waals surface area contributed by atoms with Gasteiger partial charge in [-0.1, -0.05) is 19.1 Å². The van der Waals surface area contributed by atoms with Gasteiger partial charge in [0, 0.05) is 44.8 Å². The van der Waals surface area contributed by atoms with E-state index in [9.17, 15) is 4.79 Å². The van der Waals surface area contributed by atoms with Gasteiger partial charge in [0.2, 0.25) is 5.91 Å². The second-order valence-corrected chi connectivity index (χ2v) is 7.28. The number of amides is 1. The van der Waals surface area contributed by atoms with Crippen LogP contribution in [0.2, 0.25) is 0 Å². The van der Waals surface area contributed by atoms with Crippen LogP contribution >= 0.6 is 0 Å². The van der Waals surface area contributed by atoms with Crippen LogP contribution in [0.1, 0.15) is 58.1 Å². The topological polar surface area (TPSA) is 68.8 Å². The van der Waals surface area contributed by atoms with Crippen molar-refractivity contribution in [3.63, 3.8) is 0 Å². The molecule has 0 radical (unpaired) electrons. The molecule has 2 rings (SSSR count). The molecule has 1 aromatic carbocycles. The normalized spacial score (nSPS) is 16.7. The number of carbonyl (C=O) groups is 1. The van der Waals surface area contributed by atoms with E-state index in [1.54, 1.807) is 7.05 Å². The van der Waals surface area contributed by atoms with Crippen molar-refractivity contribution in [1.82, 2.24) is 16.0 Å². The molecule has 1 fully saturated rings. The molecule has 0 bridgehead atoms. The van der Waals surface area contributed by atoms with Gasteiger partial charge in [-0.15, -0.1) is 0 Å². The van der Waals surface area contributed by atoms with Gasteiger partial charge in [-0.3, -0.25) is 9.79 Å². The van der Waals surface area contributed by atoms with Gasteiger partial charge in [-0.2, -0.15) is 0 Å². The minimum Gasteiger partial charge on any atom is -0.372 e. The number of benzene rings is 1. The van der Waals surface area contributed by atoms with Crippen molar-refractivity contribution in [1.29, 1.82) is 0 Å². The van der Waals surface area contributed by atoms with Crippen molar-refractivity contribution in [2.45, 2.75) is 58.5 Å². The van der Waals surface area contributed by atoms with E-state index in [0.717, 1.165) is 19.5 Å². The molecule has 1 amide bonds. The van der Waals surface area contributed by atoms with E-state index in [0.29, 0.717) is 18.9 Å². The Balaban J connectivity index is 1.83. The van der Waals surface area contributed by atoms with E-state index in [2.05, 4.69) is 64.0 Å². The van der Waals surface area contributed by atoms with Crippen molar-refractivity contribution in [2.24, 2.45) is 4.99 Å². The number of carbonyl (C=O) groups excluding carboxylic acids is 1. The summed E-state index contributed by atoms with van der Waals surface area (Å²) in [6, 6.07) is 9.06. The Bertz CT molecular complexity index is 625. The fourth-order valence-electron chi connectivity index (χ4n) is 3.19. The SMILES string of the molecule is CCC(C)NC(=O)CCNC(=NC)NC(C)c1cccc(N2CCCC2)c1. The number of hydrogen-bond donors (Lipinski definition) is 3. The molecule has 6 nitrogen and oxygen atoms in total. The van der Waals surface area contributed by atoms with Crippen LogP contribution in [0.25, 0.3) is 0 Å². The van der Waals surface area contributed by atoms with E-state index in [-0.39, 0.29) is 18.0 Å². The van der Waals surface area contributed by atoms with E-state index in [1.165, 1.54) is 24.1 Å². The molecule has 1 aliphatic heterocycles. The maximum Gasteiger partial charge on any atom is 0.221 e. The molecule has 27 heavy (non-hydrogen) atoms. The lowest BCUT2D eigenvalue weighted by Gasteiger charge is -2.22. The van der Waals surface area contributed by atoms with Crippen molar-refractivity contribution in [3.8, 4) is 0 Å². The highest BCUT2D eigenvalue weighted by molar-refractivity contribution is 5.81. The molecule has 0 aliphatic carbocycles. The zero-order valence-electron chi connectivity index (χ0n) is 17.2. The molecule has 2 unspecified atom stereocenters. The lowest BCUT2D eigenvalue weighted by Crippen LogP contribution is -2.41. The van der Waals surface area contributed by atoms with E-state index < -0.39 is 0 Å². The largest absolute Gasteiger partial charge is 0.372 e. The predicted octanol–water partition coefficient (Wildman–Crippen LogP) is 2.82. The first-order valence-electron chi connectivity index (χ1n) is 10.1. The molecule has 0 aromatic heterocycles. The van der Waals surface area contributed by atoms with Gasteiger partial charge >= 0.3 is 0 Å². The average Bonchev–Trinajstić information content (AvgIpc) is 3.21. The number of anilines is 1. The van der Waals surface area contributed by atoms with Gasteiger partial charge in [-0.05, 0) is 50.8 Å². The van der Waals surface area contributed by atoms with Crippen molar-refractivity contribution >= 4 is 17.6 Å². The van der Waals surface area contributed by atoms with Crippen molar-refractivity contribution < 1.29 is 4.79 Å². The molecule has 0 spiro atoms. The Hall–Kier alpha value is -2.24. The fourth-order valence-corrected chi connectivity index (χ4v) is 3.19. The Morgan fingerprint density at radius 2 is 1.96 bits per heavy atom. The number of guanidine groups is 1. The smallest absolute Gasteiger partial charge is 0.221 e. The zero-order chi connectivity index (χ0) is 19.6. The third kappa shape index (κ3) is 6.77. The van der Waals surface area contributed by atoms with Crippen molar-refractivity contribution in [2.75, 3.05) is 31.6 Å². The van der Waals surface area contributed by atoms with Crippen LogP contribution in [0, 0.1) is 0 Å². The van der Waals surface area contributed by atoms with Gasteiger partial charge in [0.1, 0.15) is 0 Å². The summed E-state index contributed by atoms with van der Waals surface area (Å²) in [5.41, 5.74) is 2.53. The Morgan fingerprint density at radius 1 is 1.22 bits per heavy atom. The van der Waals surface area contributed by atoms with Crippen LogP contribution in [0.5, 0.6) is 0 Å². The Kier molecular flexibility index (Phi) is 8.43. The first-order chi connectivity index (χ1) is 13.0. The number of rotatable bonds is 8. The molecule has 1 aliphatic rings. The molecule has 3 N–H and O–H groups in total. The molecule has 1 heterocycles. The summed E-state index contributed by atoms with van der Waals surface area (Å²) < 4.78 is 0. The van der Waals surface area contributed by atoms with Gasteiger partial charge in [0.25, 0.3) is 0 Å². The van der Waals surface area contributed by atoms with Gasteiger partial charge in [0.05, 0.1) is 6.04 Å². The number of hydrogen-bond acceptors (Lipinski definition) is 3. The lowest BCUT2D eigenvalue weighted by molar-refractivity contribution is -0.121. The van der Waals surface area contributed by atoms with Crippen LogP contribution in [-0.2, 0) is 4.79 Å². The molecular weight excluding hydrogens is 338 g/mol. The molecule has 2 atom stereocenters. The summed E-state index contributed by atoms with van der Waals surface area (Å²) in [4.78, 5) is 18.6. The predicted molar refractivity (Wildman–Crippen MR) is 113 cm³/mol.